The van der Waals surface area contributed by atoms with E-state index in [0.29, 0.717) is 17.0 Å². The van der Waals surface area contributed by atoms with Gasteiger partial charge in [0.05, 0.1) is 10.7 Å². The summed E-state index contributed by atoms with van der Waals surface area (Å²) in [6, 6.07) is 5.10. The monoisotopic (exact) mass is 270 g/mol. The van der Waals surface area contributed by atoms with Crippen molar-refractivity contribution < 1.29 is 4.39 Å². The van der Waals surface area contributed by atoms with E-state index in [9.17, 15) is 4.39 Å². The molecule has 0 spiro atoms. The Hall–Kier alpha value is -0.800. The zero-order chi connectivity index (χ0) is 13.1. The van der Waals surface area contributed by atoms with Crippen LogP contribution in [0.15, 0.2) is 18.2 Å². The van der Waals surface area contributed by atoms with Crippen LogP contribution >= 0.6 is 11.6 Å². The Morgan fingerprint density at radius 3 is 2.89 bits per heavy atom. The van der Waals surface area contributed by atoms with Crippen LogP contribution in [0, 0.1) is 11.7 Å². The number of anilines is 1. The highest BCUT2D eigenvalue weighted by atomic mass is 35.5. The summed E-state index contributed by atoms with van der Waals surface area (Å²) in [7, 11) is 0. The molecular formula is C14H20ClFN2. The van der Waals surface area contributed by atoms with Crippen LogP contribution in [-0.4, -0.2) is 25.7 Å². The van der Waals surface area contributed by atoms with E-state index in [2.05, 4.69) is 24.1 Å². The van der Waals surface area contributed by atoms with Gasteiger partial charge in [0.15, 0.2) is 0 Å². The number of halogens is 2. The Labute approximate surface area is 113 Å². The lowest BCUT2D eigenvalue weighted by atomic mass is 10.0. The quantitative estimate of drug-likeness (QED) is 0.887. The molecule has 18 heavy (non-hydrogen) atoms. The van der Waals surface area contributed by atoms with Crippen molar-refractivity contribution in [3.63, 3.8) is 0 Å². The summed E-state index contributed by atoms with van der Waals surface area (Å²) in [6.07, 6.45) is 1.08. The van der Waals surface area contributed by atoms with Gasteiger partial charge in [-0.1, -0.05) is 25.4 Å². The molecule has 4 heteroatoms. The van der Waals surface area contributed by atoms with Gasteiger partial charge in [0.25, 0.3) is 0 Å². The third-order valence-corrected chi connectivity index (χ3v) is 3.79. The molecule has 0 aromatic heterocycles. The van der Waals surface area contributed by atoms with Gasteiger partial charge >= 0.3 is 0 Å². The zero-order valence-electron chi connectivity index (χ0n) is 10.9. The average molecular weight is 271 g/mol. The van der Waals surface area contributed by atoms with Crippen molar-refractivity contribution >= 4 is 17.3 Å². The molecule has 1 aromatic rings. The van der Waals surface area contributed by atoms with E-state index in [-0.39, 0.29) is 5.82 Å². The Kier molecular flexibility index (Phi) is 4.46. The van der Waals surface area contributed by atoms with Gasteiger partial charge in [-0.25, -0.2) is 4.39 Å². The van der Waals surface area contributed by atoms with Crippen LogP contribution in [0.1, 0.15) is 20.3 Å². The minimum atomic E-state index is -0.280. The topological polar surface area (TPSA) is 15.3 Å². The molecule has 1 atom stereocenters. The van der Waals surface area contributed by atoms with Gasteiger partial charge in [-0.2, -0.15) is 0 Å². The lowest BCUT2D eigenvalue weighted by Gasteiger charge is -2.29. The maximum Gasteiger partial charge on any atom is 0.124 e. The predicted molar refractivity (Wildman–Crippen MR) is 74.9 cm³/mol. The number of hydrogen-bond acceptors (Lipinski definition) is 2. The average Bonchev–Trinajstić information content (AvgIpc) is 2.54. The van der Waals surface area contributed by atoms with Gasteiger partial charge in [0.2, 0.25) is 0 Å². The van der Waals surface area contributed by atoms with Gasteiger partial charge in [-0.15, -0.1) is 0 Å². The van der Waals surface area contributed by atoms with Crippen molar-refractivity contribution in [1.29, 1.82) is 0 Å². The van der Waals surface area contributed by atoms with Crippen LogP contribution in [0.4, 0.5) is 10.1 Å². The molecule has 0 bridgehead atoms. The molecule has 1 aliphatic heterocycles. The highest BCUT2D eigenvalue weighted by molar-refractivity contribution is 6.33. The Morgan fingerprint density at radius 2 is 2.22 bits per heavy atom. The zero-order valence-corrected chi connectivity index (χ0v) is 11.7. The van der Waals surface area contributed by atoms with Crippen LogP contribution in [0.5, 0.6) is 0 Å². The van der Waals surface area contributed by atoms with E-state index in [1.165, 1.54) is 12.1 Å². The SMILES string of the molecule is CC(C)C1CN(c2ccc(F)cc2Cl)CCCN1. The second kappa shape index (κ2) is 5.89. The van der Waals surface area contributed by atoms with Crippen molar-refractivity contribution in [3.8, 4) is 0 Å². The van der Waals surface area contributed by atoms with Gasteiger partial charge in [-0.05, 0) is 37.1 Å². The number of benzene rings is 1. The number of hydrogen-bond donors (Lipinski definition) is 1. The molecule has 1 unspecified atom stereocenters. The fraction of sp³-hybridized carbons (Fsp3) is 0.571. The first-order valence-corrected chi connectivity index (χ1v) is 6.89. The summed E-state index contributed by atoms with van der Waals surface area (Å²) >= 11 is 6.14. The van der Waals surface area contributed by atoms with Crippen molar-refractivity contribution in [1.82, 2.24) is 5.32 Å². The van der Waals surface area contributed by atoms with Crippen LogP contribution in [0.25, 0.3) is 0 Å². The molecule has 0 radical (unpaired) electrons. The predicted octanol–water partition coefficient (Wildman–Crippen LogP) is 3.30. The third kappa shape index (κ3) is 3.15. The van der Waals surface area contributed by atoms with Gasteiger partial charge in [0, 0.05) is 19.1 Å². The molecule has 0 amide bonds. The molecule has 1 N–H and O–H groups in total. The number of nitrogens with zero attached hydrogens (tertiary/aromatic N) is 1. The molecule has 0 saturated carbocycles. The number of nitrogens with one attached hydrogen (secondary N) is 1. The first-order valence-electron chi connectivity index (χ1n) is 6.51. The smallest absolute Gasteiger partial charge is 0.124 e. The Bertz CT molecular complexity index is 409. The normalized spacial score (nSPS) is 21.2. The van der Waals surface area contributed by atoms with Crippen LogP contribution in [0.3, 0.4) is 0 Å². The van der Waals surface area contributed by atoms with Gasteiger partial charge in [-0.3, -0.25) is 0 Å². The van der Waals surface area contributed by atoms with E-state index in [1.807, 2.05) is 0 Å². The van der Waals surface area contributed by atoms with Crippen LogP contribution in [0.2, 0.25) is 5.02 Å². The summed E-state index contributed by atoms with van der Waals surface area (Å²) in [5.74, 6) is 0.293. The maximum atomic E-state index is 13.1. The van der Waals surface area contributed by atoms with Crippen LogP contribution < -0.4 is 10.2 Å². The second-order valence-electron chi connectivity index (χ2n) is 5.20. The molecule has 1 aromatic carbocycles. The first kappa shape index (κ1) is 13.6. The summed E-state index contributed by atoms with van der Waals surface area (Å²) in [5.41, 5.74) is 0.937. The minimum Gasteiger partial charge on any atom is -0.369 e. The first-order chi connectivity index (χ1) is 8.58. The summed E-state index contributed by atoms with van der Waals surface area (Å²) < 4.78 is 13.1. The molecule has 100 valence electrons. The van der Waals surface area contributed by atoms with E-state index < -0.39 is 0 Å². The van der Waals surface area contributed by atoms with Crippen molar-refractivity contribution in [2.24, 2.45) is 5.92 Å². The van der Waals surface area contributed by atoms with Gasteiger partial charge in [0.1, 0.15) is 5.82 Å². The third-order valence-electron chi connectivity index (χ3n) is 3.48. The van der Waals surface area contributed by atoms with Gasteiger partial charge < -0.3 is 10.2 Å². The molecule has 1 saturated heterocycles. The highest BCUT2D eigenvalue weighted by Crippen LogP contribution is 2.28. The molecule has 2 nitrogen and oxygen atoms in total. The maximum absolute atomic E-state index is 13.1. The second-order valence-corrected chi connectivity index (χ2v) is 5.61. The molecule has 1 fully saturated rings. The van der Waals surface area contributed by atoms with Crippen molar-refractivity contribution in [2.75, 3.05) is 24.5 Å². The lowest BCUT2D eigenvalue weighted by molar-refractivity contribution is 0.420. The summed E-state index contributed by atoms with van der Waals surface area (Å²) in [4.78, 5) is 2.26. The largest absolute Gasteiger partial charge is 0.369 e. The molecular weight excluding hydrogens is 251 g/mol. The van der Waals surface area contributed by atoms with E-state index >= 15 is 0 Å². The number of rotatable bonds is 2. The minimum absolute atomic E-state index is 0.280. The van der Waals surface area contributed by atoms with E-state index in [4.69, 9.17) is 11.6 Å². The standard InChI is InChI=1S/C14H20ClFN2/c1-10(2)13-9-18(7-3-6-17-13)14-5-4-11(16)8-12(14)15/h4-5,8,10,13,17H,3,6-7,9H2,1-2H3. The highest BCUT2D eigenvalue weighted by Gasteiger charge is 2.21. The lowest BCUT2D eigenvalue weighted by Crippen LogP contribution is -2.41. The molecule has 2 rings (SSSR count). The van der Waals surface area contributed by atoms with E-state index in [0.717, 1.165) is 31.7 Å². The fourth-order valence-electron chi connectivity index (χ4n) is 2.35. The molecule has 1 aliphatic rings. The van der Waals surface area contributed by atoms with E-state index in [1.54, 1.807) is 6.07 Å². The summed E-state index contributed by atoms with van der Waals surface area (Å²) in [5, 5.41) is 4.05. The Balaban J connectivity index is 2.20. The Morgan fingerprint density at radius 1 is 1.44 bits per heavy atom. The molecule has 1 heterocycles. The fourth-order valence-corrected chi connectivity index (χ4v) is 2.64. The molecule has 0 aliphatic carbocycles. The van der Waals surface area contributed by atoms with Crippen molar-refractivity contribution in [2.45, 2.75) is 26.3 Å². The van der Waals surface area contributed by atoms with Crippen molar-refractivity contribution in [3.05, 3.63) is 29.0 Å². The summed E-state index contributed by atoms with van der Waals surface area (Å²) in [6.45, 7) is 7.34. The van der Waals surface area contributed by atoms with Crippen LogP contribution in [-0.2, 0) is 0 Å².